The minimum atomic E-state index is -0.00926. The number of nitrogens with zero attached hydrogens (tertiary/aromatic N) is 1. The quantitative estimate of drug-likeness (QED) is 0.823. The average Bonchev–Trinajstić information content (AvgIpc) is 3.07. The van der Waals surface area contributed by atoms with Crippen LogP contribution in [-0.2, 0) is 0 Å². The molecule has 1 aliphatic carbocycles. The number of carbonyl (C=O) groups excluding carboxylic acids is 1. The van der Waals surface area contributed by atoms with E-state index in [0.717, 1.165) is 19.4 Å². The second-order valence-electron chi connectivity index (χ2n) is 4.02. The maximum Gasteiger partial charge on any atom is 0.256 e. The molecule has 3 nitrogen and oxygen atoms in total. The minimum absolute atomic E-state index is 0.00926. The summed E-state index contributed by atoms with van der Waals surface area (Å²) in [6.07, 6.45) is 2.19. The second-order valence-corrected chi connectivity index (χ2v) is 4.43. The Labute approximate surface area is 100 Å². The predicted molar refractivity (Wildman–Crippen MR) is 65.6 cm³/mol. The van der Waals surface area contributed by atoms with Crippen LogP contribution in [0.15, 0.2) is 18.2 Å². The number of benzene rings is 1. The molecule has 0 aromatic heterocycles. The van der Waals surface area contributed by atoms with Crippen LogP contribution >= 0.6 is 11.6 Å². The lowest BCUT2D eigenvalue weighted by molar-refractivity contribution is 0.0753. The van der Waals surface area contributed by atoms with Crippen LogP contribution in [0.4, 0.5) is 5.69 Å². The summed E-state index contributed by atoms with van der Waals surface area (Å²) in [6.45, 7) is 2.70. The Hall–Kier alpha value is -1.22. The minimum Gasteiger partial charge on any atom is -0.397 e. The first-order chi connectivity index (χ1) is 7.65. The first kappa shape index (κ1) is 11.3. The van der Waals surface area contributed by atoms with Gasteiger partial charge in [0.15, 0.2) is 0 Å². The number of para-hydroxylation sites is 1. The summed E-state index contributed by atoms with van der Waals surface area (Å²) < 4.78 is 0. The Bertz CT molecular complexity index is 415. The number of rotatable bonds is 3. The molecule has 16 heavy (non-hydrogen) atoms. The lowest BCUT2D eigenvalue weighted by Crippen LogP contribution is -2.33. The largest absolute Gasteiger partial charge is 0.397 e. The summed E-state index contributed by atoms with van der Waals surface area (Å²) in [4.78, 5) is 14.1. The van der Waals surface area contributed by atoms with E-state index in [2.05, 4.69) is 0 Å². The summed E-state index contributed by atoms with van der Waals surface area (Å²) >= 11 is 5.91. The maximum atomic E-state index is 12.2. The van der Waals surface area contributed by atoms with Gasteiger partial charge in [-0.15, -0.1) is 0 Å². The first-order valence-corrected chi connectivity index (χ1v) is 5.88. The fourth-order valence-corrected chi connectivity index (χ4v) is 2.01. The summed E-state index contributed by atoms with van der Waals surface area (Å²) in [5.74, 6) is -0.00926. The van der Waals surface area contributed by atoms with Gasteiger partial charge in [0.1, 0.15) is 0 Å². The number of hydrogen-bond donors (Lipinski definition) is 1. The third kappa shape index (κ3) is 2.00. The second kappa shape index (κ2) is 4.34. The van der Waals surface area contributed by atoms with Gasteiger partial charge in [-0.05, 0) is 31.9 Å². The van der Waals surface area contributed by atoms with Crippen molar-refractivity contribution < 1.29 is 4.79 Å². The molecule has 1 aromatic rings. The van der Waals surface area contributed by atoms with E-state index >= 15 is 0 Å². The van der Waals surface area contributed by atoms with Crippen molar-refractivity contribution in [3.8, 4) is 0 Å². The van der Waals surface area contributed by atoms with Gasteiger partial charge in [0.25, 0.3) is 5.91 Å². The van der Waals surface area contributed by atoms with E-state index in [-0.39, 0.29) is 5.91 Å². The Kier molecular flexibility index (Phi) is 3.06. The number of amides is 1. The van der Waals surface area contributed by atoms with Gasteiger partial charge in [-0.1, -0.05) is 17.7 Å². The highest BCUT2D eigenvalue weighted by Crippen LogP contribution is 2.30. The molecule has 2 rings (SSSR count). The molecule has 0 spiro atoms. The van der Waals surface area contributed by atoms with Gasteiger partial charge in [-0.3, -0.25) is 4.79 Å². The molecule has 0 bridgehead atoms. The highest BCUT2D eigenvalue weighted by atomic mass is 35.5. The Morgan fingerprint density at radius 2 is 2.25 bits per heavy atom. The van der Waals surface area contributed by atoms with E-state index in [9.17, 15) is 4.79 Å². The molecule has 0 heterocycles. The molecule has 1 saturated carbocycles. The smallest absolute Gasteiger partial charge is 0.256 e. The molecule has 1 amide bonds. The van der Waals surface area contributed by atoms with Gasteiger partial charge in [0.2, 0.25) is 0 Å². The molecule has 1 aliphatic rings. The molecule has 1 aromatic carbocycles. The van der Waals surface area contributed by atoms with E-state index in [0.29, 0.717) is 22.3 Å². The van der Waals surface area contributed by atoms with Crippen molar-refractivity contribution in [3.05, 3.63) is 28.8 Å². The molecule has 0 saturated heterocycles. The molecule has 2 N–H and O–H groups in total. The van der Waals surface area contributed by atoms with Crippen molar-refractivity contribution in [1.29, 1.82) is 0 Å². The average molecular weight is 239 g/mol. The van der Waals surface area contributed by atoms with Gasteiger partial charge in [-0.25, -0.2) is 0 Å². The summed E-state index contributed by atoms with van der Waals surface area (Å²) in [7, 11) is 0. The standard InChI is InChI=1S/C12H15ClN2O/c1-2-15(8-6-7-8)12(16)9-4-3-5-10(13)11(9)14/h3-5,8H,2,6-7,14H2,1H3. The fraction of sp³-hybridized carbons (Fsp3) is 0.417. The van der Waals surface area contributed by atoms with Crippen LogP contribution in [0.5, 0.6) is 0 Å². The molecular weight excluding hydrogens is 224 g/mol. The van der Waals surface area contributed by atoms with Crippen LogP contribution in [0.25, 0.3) is 0 Å². The van der Waals surface area contributed by atoms with Crippen LogP contribution in [0.1, 0.15) is 30.1 Å². The molecule has 86 valence electrons. The van der Waals surface area contributed by atoms with Crippen molar-refractivity contribution in [2.24, 2.45) is 0 Å². The Balaban J connectivity index is 2.28. The van der Waals surface area contributed by atoms with Gasteiger partial charge < -0.3 is 10.6 Å². The monoisotopic (exact) mass is 238 g/mol. The number of halogens is 1. The maximum absolute atomic E-state index is 12.2. The fourth-order valence-electron chi connectivity index (χ4n) is 1.83. The summed E-state index contributed by atoms with van der Waals surface area (Å²) in [6, 6.07) is 5.58. The van der Waals surface area contributed by atoms with Gasteiger partial charge in [-0.2, -0.15) is 0 Å². The normalized spacial score (nSPS) is 14.9. The summed E-state index contributed by atoms with van der Waals surface area (Å²) in [5, 5.41) is 0.442. The van der Waals surface area contributed by atoms with E-state index < -0.39 is 0 Å². The van der Waals surface area contributed by atoms with E-state index in [1.165, 1.54) is 0 Å². The van der Waals surface area contributed by atoms with Crippen LogP contribution in [0.3, 0.4) is 0 Å². The number of nitrogens with two attached hydrogens (primary N) is 1. The zero-order chi connectivity index (χ0) is 11.7. The molecule has 0 atom stereocenters. The van der Waals surface area contributed by atoms with Crippen molar-refractivity contribution in [2.45, 2.75) is 25.8 Å². The molecule has 0 unspecified atom stereocenters. The number of anilines is 1. The molecule has 0 aliphatic heterocycles. The van der Waals surface area contributed by atoms with Gasteiger partial charge in [0, 0.05) is 12.6 Å². The molecule has 4 heteroatoms. The highest BCUT2D eigenvalue weighted by Gasteiger charge is 2.32. The van der Waals surface area contributed by atoms with Crippen LogP contribution in [0, 0.1) is 0 Å². The van der Waals surface area contributed by atoms with Gasteiger partial charge >= 0.3 is 0 Å². The first-order valence-electron chi connectivity index (χ1n) is 5.50. The number of hydrogen-bond acceptors (Lipinski definition) is 2. The van der Waals surface area contributed by atoms with Crippen molar-refractivity contribution in [2.75, 3.05) is 12.3 Å². The van der Waals surface area contributed by atoms with E-state index in [4.69, 9.17) is 17.3 Å². The van der Waals surface area contributed by atoms with Crippen molar-refractivity contribution in [1.82, 2.24) is 4.90 Å². The Morgan fingerprint density at radius 1 is 1.56 bits per heavy atom. The van der Waals surface area contributed by atoms with Crippen LogP contribution in [-0.4, -0.2) is 23.4 Å². The Morgan fingerprint density at radius 3 is 2.81 bits per heavy atom. The molecule has 0 radical (unpaired) electrons. The zero-order valence-electron chi connectivity index (χ0n) is 9.24. The van der Waals surface area contributed by atoms with Gasteiger partial charge in [0.05, 0.1) is 16.3 Å². The third-order valence-electron chi connectivity index (χ3n) is 2.87. The van der Waals surface area contributed by atoms with E-state index in [1.807, 2.05) is 11.8 Å². The lowest BCUT2D eigenvalue weighted by atomic mass is 10.1. The van der Waals surface area contributed by atoms with Crippen LogP contribution < -0.4 is 5.73 Å². The predicted octanol–water partition coefficient (Wildman–Crippen LogP) is 2.55. The molecular formula is C12H15ClN2O. The molecule has 1 fully saturated rings. The third-order valence-corrected chi connectivity index (χ3v) is 3.20. The summed E-state index contributed by atoms with van der Waals surface area (Å²) in [5.41, 5.74) is 6.71. The van der Waals surface area contributed by atoms with E-state index in [1.54, 1.807) is 18.2 Å². The highest BCUT2D eigenvalue weighted by molar-refractivity contribution is 6.33. The number of carbonyl (C=O) groups is 1. The zero-order valence-corrected chi connectivity index (χ0v) is 10.00. The SMILES string of the molecule is CCN(C(=O)c1cccc(Cl)c1N)C1CC1. The van der Waals surface area contributed by atoms with Crippen molar-refractivity contribution in [3.63, 3.8) is 0 Å². The van der Waals surface area contributed by atoms with Crippen LogP contribution in [0.2, 0.25) is 5.02 Å². The topological polar surface area (TPSA) is 46.3 Å². The van der Waals surface area contributed by atoms with Crippen molar-refractivity contribution >= 4 is 23.2 Å². The number of nitrogen functional groups attached to an aromatic ring is 1. The lowest BCUT2D eigenvalue weighted by Gasteiger charge is -2.21.